The number of rotatable bonds is 5. The second-order valence-corrected chi connectivity index (χ2v) is 4.37. The predicted molar refractivity (Wildman–Crippen MR) is 74.6 cm³/mol. The number of hydrogen-bond acceptors (Lipinski definition) is 2. The first-order valence-electron chi connectivity index (χ1n) is 6.15. The summed E-state index contributed by atoms with van der Waals surface area (Å²) in [5, 5.41) is 7.48. The summed E-state index contributed by atoms with van der Waals surface area (Å²) in [7, 11) is 0. The third-order valence-electron chi connectivity index (χ3n) is 2.79. The van der Waals surface area contributed by atoms with Crippen LogP contribution in [-0.2, 0) is 6.42 Å². The number of hydrogen-bond donors (Lipinski definition) is 1. The van der Waals surface area contributed by atoms with E-state index in [0.29, 0.717) is 11.5 Å². The molecule has 2 nitrogen and oxygen atoms in total. The van der Waals surface area contributed by atoms with E-state index in [0.717, 1.165) is 11.1 Å². The first-order chi connectivity index (χ1) is 9.15. The highest BCUT2D eigenvalue weighted by Gasteiger charge is 2.09. The SMILES string of the molecule is CC(=N)c1ccc(OC(F)Cc2ccccc2)cc1. The van der Waals surface area contributed by atoms with E-state index in [9.17, 15) is 4.39 Å². The van der Waals surface area contributed by atoms with Gasteiger partial charge in [0.1, 0.15) is 5.75 Å². The topological polar surface area (TPSA) is 33.1 Å². The average molecular weight is 257 g/mol. The highest BCUT2D eigenvalue weighted by atomic mass is 19.1. The summed E-state index contributed by atoms with van der Waals surface area (Å²) >= 11 is 0. The molecule has 0 amide bonds. The van der Waals surface area contributed by atoms with Crippen LogP contribution in [0.15, 0.2) is 54.6 Å². The Bertz CT molecular complexity index is 536. The predicted octanol–water partition coefficient (Wildman–Crippen LogP) is 3.99. The smallest absolute Gasteiger partial charge is 0.242 e. The molecule has 0 aliphatic heterocycles. The molecule has 1 N–H and O–H groups in total. The first kappa shape index (κ1) is 13.3. The van der Waals surface area contributed by atoms with E-state index in [1.165, 1.54) is 0 Å². The molecule has 3 heteroatoms. The minimum absolute atomic E-state index is 0.228. The Hall–Kier alpha value is -2.16. The fourth-order valence-electron chi connectivity index (χ4n) is 1.77. The molecule has 0 saturated heterocycles. The van der Waals surface area contributed by atoms with Gasteiger partial charge in [-0.3, -0.25) is 0 Å². The molecular weight excluding hydrogens is 241 g/mol. The molecule has 19 heavy (non-hydrogen) atoms. The van der Waals surface area contributed by atoms with Gasteiger partial charge in [0.2, 0.25) is 6.36 Å². The van der Waals surface area contributed by atoms with Crippen LogP contribution in [0.2, 0.25) is 0 Å². The fourth-order valence-corrected chi connectivity index (χ4v) is 1.77. The molecule has 0 saturated carbocycles. The maximum atomic E-state index is 13.8. The van der Waals surface area contributed by atoms with Crippen LogP contribution in [-0.4, -0.2) is 12.1 Å². The van der Waals surface area contributed by atoms with E-state index in [4.69, 9.17) is 10.1 Å². The monoisotopic (exact) mass is 257 g/mol. The second kappa shape index (κ2) is 6.14. The van der Waals surface area contributed by atoms with Gasteiger partial charge in [-0.25, -0.2) is 4.39 Å². The molecule has 0 aromatic heterocycles. The summed E-state index contributed by atoms with van der Waals surface area (Å²) < 4.78 is 19.0. The largest absolute Gasteiger partial charge is 0.460 e. The number of halogens is 1. The maximum Gasteiger partial charge on any atom is 0.242 e. The Morgan fingerprint density at radius 2 is 1.74 bits per heavy atom. The van der Waals surface area contributed by atoms with Crippen molar-refractivity contribution in [3.63, 3.8) is 0 Å². The van der Waals surface area contributed by atoms with E-state index in [1.54, 1.807) is 31.2 Å². The van der Waals surface area contributed by atoms with Crippen LogP contribution < -0.4 is 4.74 Å². The van der Waals surface area contributed by atoms with E-state index in [2.05, 4.69) is 0 Å². The van der Waals surface area contributed by atoms with Crippen molar-refractivity contribution in [2.24, 2.45) is 0 Å². The van der Waals surface area contributed by atoms with Gasteiger partial charge in [-0.1, -0.05) is 30.3 Å². The van der Waals surface area contributed by atoms with Gasteiger partial charge in [0.05, 0.1) is 0 Å². The van der Waals surface area contributed by atoms with Gasteiger partial charge in [-0.2, -0.15) is 0 Å². The lowest BCUT2D eigenvalue weighted by Crippen LogP contribution is -2.13. The fraction of sp³-hybridized carbons (Fsp3) is 0.188. The third-order valence-corrected chi connectivity index (χ3v) is 2.79. The molecule has 1 atom stereocenters. The molecule has 2 aromatic carbocycles. The van der Waals surface area contributed by atoms with Crippen molar-refractivity contribution >= 4 is 5.71 Å². The van der Waals surface area contributed by atoms with Crippen LogP contribution in [0.25, 0.3) is 0 Å². The highest BCUT2D eigenvalue weighted by molar-refractivity contribution is 5.96. The van der Waals surface area contributed by atoms with E-state index in [1.807, 2.05) is 30.3 Å². The summed E-state index contributed by atoms with van der Waals surface area (Å²) in [5.41, 5.74) is 2.19. The van der Waals surface area contributed by atoms with Crippen molar-refractivity contribution < 1.29 is 9.13 Å². The van der Waals surface area contributed by atoms with Gasteiger partial charge in [-0.15, -0.1) is 0 Å². The lowest BCUT2D eigenvalue weighted by atomic mass is 10.1. The first-order valence-corrected chi connectivity index (χ1v) is 6.15. The van der Waals surface area contributed by atoms with Crippen molar-refractivity contribution in [2.45, 2.75) is 19.7 Å². The molecular formula is C16H16FNO. The molecule has 0 radical (unpaired) electrons. The zero-order valence-corrected chi connectivity index (χ0v) is 10.8. The minimum atomic E-state index is -1.37. The molecule has 0 bridgehead atoms. The van der Waals surface area contributed by atoms with Gasteiger partial charge in [0, 0.05) is 12.1 Å². The molecule has 2 rings (SSSR count). The summed E-state index contributed by atoms with van der Waals surface area (Å²) in [6.07, 6.45) is -1.14. The second-order valence-electron chi connectivity index (χ2n) is 4.37. The van der Waals surface area contributed by atoms with Crippen molar-refractivity contribution in [3.05, 3.63) is 65.7 Å². The van der Waals surface area contributed by atoms with Crippen LogP contribution in [0.5, 0.6) is 5.75 Å². The Kier molecular flexibility index (Phi) is 4.29. The Morgan fingerprint density at radius 1 is 1.11 bits per heavy atom. The summed E-state index contributed by atoms with van der Waals surface area (Å²) in [5.74, 6) is 0.480. The minimum Gasteiger partial charge on any atom is -0.460 e. The third kappa shape index (κ3) is 3.91. The Morgan fingerprint density at radius 3 is 2.32 bits per heavy atom. The van der Waals surface area contributed by atoms with Crippen molar-refractivity contribution in [3.8, 4) is 5.75 Å². The molecule has 98 valence electrons. The standard InChI is InChI=1S/C16H16FNO/c1-12(18)14-7-9-15(10-8-14)19-16(17)11-13-5-3-2-4-6-13/h2-10,16,18H,11H2,1H3. The molecule has 0 heterocycles. The number of nitrogens with one attached hydrogen (secondary N) is 1. The molecule has 0 spiro atoms. The highest BCUT2D eigenvalue weighted by Crippen LogP contribution is 2.16. The number of alkyl halides is 1. The van der Waals surface area contributed by atoms with Crippen molar-refractivity contribution in [2.75, 3.05) is 0 Å². The average Bonchev–Trinajstić information content (AvgIpc) is 2.40. The van der Waals surface area contributed by atoms with Crippen LogP contribution >= 0.6 is 0 Å². The lowest BCUT2D eigenvalue weighted by Gasteiger charge is -2.12. The maximum absolute atomic E-state index is 13.8. The van der Waals surface area contributed by atoms with Crippen LogP contribution in [0.1, 0.15) is 18.1 Å². The zero-order valence-electron chi connectivity index (χ0n) is 10.8. The Labute approximate surface area is 112 Å². The summed E-state index contributed by atoms with van der Waals surface area (Å²) in [4.78, 5) is 0. The Balaban J connectivity index is 1.95. The van der Waals surface area contributed by atoms with Gasteiger partial charge in [0.15, 0.2) is 0 Å². The summed E-state index contributed by atoms with van der Waals surface area (Å²) in [6, 6.07) is 16.3. The molecule has 1 unspecified atom stereocenters. The number of ether oxygens (including phenoxy) is 1. The van der Waals surface area contributed by atoms with Crippen LogP contribution in [0.4, 0.5) is 4.39 Å². The van der Waals surface area contributed by atoms with E-state index < -0.39 is 6.36 Å². The van der Waals surface area contributed by atoms with E-state index >= 15 is 0 Å². The van der Waals surface area contributed by atoms with Gasteiger partial charge < -0.3 is 10.1 Å². The molecule has 0 aliphatic carbocycles. The number of benzene rings is 2. The zero-order chi connectivity index (χ0) is 13.7. The molecule has 2 aromatic rings. The lowest BCUT2D eigenvalue weighted by molar-refractivity contribution is 0.0681. The normalized spacial score (nSPS) is 11.9. The molecule has 0 fully saturated rings. The van der Waals surface area contributed by atoms with Gasteiger partial charge >= 0.3 is 0 Å². The quantitative estimate of drug-likeness (QED) is 0.807. The van der Waals surface area contributed by atoms with Gasteiger partial charge in [0.25, 0.3) is 0 Å². The summed E-state index contributed by atoms with van der Waals surface area (Å²) in [6.45, 7) is 1.71. The van der Waals surface area contributed by atoms with Gasteiger partial charge in [-0.05, 0) is 42.3 Å². The van der Waals surface area contributed by atoms with Crippen molar-refractivity contribution in [1.82, 2.24) is 0 Å². The van der Waals surface area contributed by atoms with Crippen LogP contribution in [0, 0.1) is 5.41 Å². The van der Waals surface area contributed by atoms with E-state index in [-0.39, 0.29) is 6.42 Å². The molecule has 0 aliphatic rings. The van der Waals surface area contributed by atoms with Crippen LogP contribution in [0.3, 0.4) is 0 Å². The van der Waals surface area contributed by atoms with Crippen molar-refractivity contribution in [1.29, 1.82) is 5.41 Å².